The van der Waals surface area contributed by atoms with E-state index < -0.39 is 11.2 Å². The van der Waals surface area contributed by atoms with Crippen molar-refractivity contribution in [2.75, 3.05) is 46.8 Å². The molecular formula is C17H27N5O3. The van der Waals surface area contributed by atoms with Crippen LogP contribution in [-0.4, -0.2) is 82.9 Å². The van der Waals surface area contributed by atoms with Crippen LogP contribution in [0.25, 0.3) is 0 Å². The number of likely N-dealkylation sites (N-methyl/N-ethyl adjacent to an activating group) is 1. The SMILES string of the molecule is Cc1[nH]c(=O)[nH]c(=O)c1CC(=O)N1CCN(C)C2(CCN(C)CC2)C1. The van der Waals surface area contributed by atoms with Crippen molar-refractivity contribution in [3.8, 4) is 0 Å². The van der Waals surface area contributed by atoms with Crippen molar-refractivity contribution >= 4 is 5.91 Å². The lowest BCUT2D eigenvalue weighted by atomic mass is 9.83. The van der Waals surface area contributed by atoms with Crippen LogP contribution in [0.3, 0.4) is 0 Å². The van der Waals surface area contributed by atoms with Gasteiger partial charge in [-0.3, -0.25) is 19.5 Å². The van der Waals surface area contributed by atoms with E-state index >= 15 is 0 Å². The van der Waals surface area contributed by atoms with Gasteiger partial charge in [0.25, 0.3) is 5.56 Å². The summed E-state index contributed by atoms with van der Waals surface area (Å²) in [6, 6.07) is 0. The number of hydrogen-bond donors (Lipinski definition) is 2. The average Bonchev–Trinajstić information content (AvgIpc) is 2.56. The number of nitrogens with one attached hydrogen (secondary N) is 2. The van der Waals surface area contributed by atoms with Gasteiger partial charge >= 0.3 is 5.69 Å². The Balaban J connectivity index is 1.75. The van der Waals surface area contributed by atoms with E-state index in [4.69, 9.17) is 0 Å². The molecule has 1 aromatic heterocycles. The molecule has 3 rings (SSSR count). The summed E-state index contributed by atoms with van der Waals surface area (Å²) >= 11 is 0. The van der Waals surface area contributed by atoms with Crippen molar-refractivity contribution in [1.82, 2.24) is 24.7 Å². The van der Waals surface area contributed by atoms with Crippen molar-refractivity contribution in [2.24, 2.45) is 0 Å². The summed E-state index contributed by atoms with van der Waals surface area (Å²) in [6.07, 6.45) is 2.11. The Labute approximate surface area is 146 Å². The summed E-state index contributed by atoms with van der Waals surface area (Å²) in [5.41, 5.74) is -0.167. The maximum atomic E-state index is 12.8. The fourth-order valence-electron chi connectivity index (χ4n) is 3.95. The number of H-pyrrole nitrogens is 2. The van der Waals surface area contributed by atoms with Gasteiger partial charge in [0.2, 0.25) is 5.91 Å². The fraction of sp³-hybridized carbons (Fsp3) is 0.706. The second-order valence-electron chi connectivity index (χ2n) is 7.45. The van der Waals surface area contributed by atoms with Gasteiger partial charge in [0.1, 0.15) is 0 Å². The summed E-state index contributed by atoms with van der Waals surface area (Å²) in [6.45, 7) is 5.94. The molecule has 0 aromatic carbocycles. The largest absolute Gasteiger partial charge is 0.339 e. The number of piperidine rings is 1. The van der Waals surface area contributed by atoms with E-state index in [0.29, 0.717) is 24.3 Å². The van der Waals surface area contributed by atoms with E-state index in [1.165, 1.54) is 0 Å². The van der Waals surface area contributed by atoms with E-state index in [1.807, 2.05) is 4.90 Å². The van der Waals surface area contributed by atoms with Crippen molar-refractivity contribution in [3.05, 3.63) is 32.1 Å². The average molecular weight is 349 g/mol. The van der Waals surface area contributed by atoms with Gasteiger partial charge in [-0.25, -0.2) is 4.79 Å². The second kappa shape index (κ2) is 6.76. The van der Waals surface area contributed by atoms with Gasteiger partial charge in [-0.15, -0.1) is 0 Å². The standard InChI is InChI=1S/C17H27N5O3/c1-12-13(15(24)19-16(25)18-12)10-14(23)22-9-8-21(3)17(11-22)4-6-20(2)7-5-17/h4-11H2,1-3H3,(H2,18,19,24,25). The first kappa shape index (κ1) is 17.9. The first-order chi connectivity index (χ1) is 11.8. The van der Waals surface area contributed by atoms with E-state index in [1.54, 1.807) is 6.92 Å². The zero-order valence-electron chi connectivity index (χ0n) is 15.2. The lowest BCUT2D eigenvalue weighted by Gasteiger charge is -2.52. The number of aromatic nitrogens is 2. The number of likely N-dealkylation sites (tertiary alicyclic amines) is 1. The maximum absolute atomic E-state index is 12.8. The minimum absolute atomic E-state index is 0.0254. The smallest absolute Gasteiger partial charge is 0.325 e. The first-order valence-electron chi connectivity index (χ1n) is 8.80. The zero-order chi connectivity index (χ0) is 18.2. The predicted octanol–water partition coefficient (Wildman–Crippen LogP) is -0.847. The van der Waals surface area contributed by atoms with Crippen LogP contribution in [0.1, 0.15) is 24.1 Å². The number of aromatic amines is 2. The molecule has 0 atom stereocenters. The molecule has 1 spiro atoms. The highest BCUT2D eigenvalue weighted by molar-refractivity contribution is 5.79. The third-order valence-electron chi connectivity index (χ3n) is 5.85. The topological polar surface area (TPSA) is 92.5 Å². The van der Waals surface area contributed by atoms with Crippen LogP contribution in [-0.2, 0) is 11.2 Å². The van der Waals surface area contributed by atoms with E-state index in [9.17, 15) is 14.4 Å². The molecule has 0 unspecified atom stereocenters. The van der Waals surface area contributed by atoms with Gasteiger partial charge in [-0.2, -0.15) is 0 Å². The Morgan fingerprint density at radius 1 is 1.08 bits per heavy atom. The zero-order valence-corrected chi connectivity index (χ0v) is 15.2. The number of rotatable bonds is 2. The quantitative estimate of drug-likeness (QED) is 0.726. The molecule has 1 aromatic rings. The van der Waals surface area contributed by atoms with Gasteiger partial charge in [0, 0.05) is 36.4 Å². The van der Waals surface area contributed by atoms with E-state index in [-0.39, 0.29) is 17.9 Å². The van der Waals surface area contributed by atoms with Gasteiger partial charge in [-0.05, 0) is 47.0 Å². The maximum Gasteiger partial charge on any atom is 0.325 e. The summed E-state index contributed by atoms with van der Waals surface area (Å²) in [5, 5.41) is 0. The monoisotopic (exact) mass is 349 g/mol. The molecule has 1 amide bonds. The number of hydrogen-bond acceptors (Lipinski definition) is 5. The van der Waals surface area contributed by atoms with E-state index in [2.05, 4.69) is 33.9 Å². The first-order valence-corrected chi connectivity index (χ1v) is 8.80. The van der Waals surface area contributed by atoms with Crippen LogP contribution >= 0.6 is 0 Å². The van der Waals surface area contributed by atoms with Crippen LogP contribution in [0, 0.1) is 6.92 Å². The van der Waals surface area contributed by atoms with Gasteiger partial charge in [0.15, 0.2) is 0 Å². The van der Waals surface area contributed by atoms with E-state index in [0.717, 1.165) is 32.5 Å². The van der Waals surface area contributed by atoms with Crippen molar-refractivity contribution < 1.29 is 4.79 Å². The summed E-state index contributed by atoms with van der Waals surface area (Å²) in [4.78, 5) is 47.5. The van der Waals surface area contributed by atoms with Crippen molar-refractivity contribution in [1.29, 1.82) is 0 Å². The van der Waals surface area contributed by atoms with Crippen LogP contribution in [0.4, 0.5) is 0 Å². The molecule has 2 aliphatic rings. The molecule has 3 heterocycles. The third kappa shape index (κ3) is 3.55. The number of carbonyl (C=O) groups is 1. The molecule has 25 heavy (non-hydrogen) atoms. The fourth-order valence-corrected chi connectivity index (χ4v) is 3.95. The molecule has 2 saturated heterocycles. The van der Waals surface area contributed by atoms with Crippen LogP contribution in [0.2, 0.25) is 0 Å². The van der Waals surface area contributed by atoms with Crippen LogP contribution in [0.15, 0.2) is 9.59 Å². The van der Waals surface area contributed by atoms with Gasteiger partial charge in [0.05, 0.1) is 6.42 Å². The Hall–Kier alpha value is -1.93. The lowest BCUT2D eigenvalue weighted by Crippen LogP contribution is -2.65. The molecule has 2 aliphatic heterocycles. The molecule has 8 heteroatoms. The van der Waals surface area contributed by atoms with Crippen LogP contribution < -0.4 is 11.2 Å². The molecule has 8 nitrogen and oxygen atoms in total. The highest BCUT2D eigenvalue weighted by Crippen LogP contribution is 2.31. The number of carbonyl (C=O) groups excluding carboxylic acids is 1. The summed E-state index contributed by atoms with van der Waals surface area (Å²) < 4.78 is 0. The second-order valence-corrected chi connectivity index (χ2v) is 7.45. The molecular weight excluding hydrogens is 322 g/mol. The molecule has 0 aliphatic carbocycles. The minimum Gasteiger partial charge on any atom is -0.339 e. The number of aryl methyl sites for hydroxylation is 1. The summed E-state index contributed by atoms with van der Waals surface area (Å²) in [5.74, 6) is -0.0490. The highest BCUT2D eigenvalue weighted by atomic mass is 16.2. The van der Waals surface area contributed by atoms with Gasteiger partial charge < -0.3 is 14.8 Å². The Morgan fingerprint density at radius 2 is 1.76 bits per heavy atom. The third-order valence-corrected chi connectivity index (χ3v) is 5.85. The molecule has 0 bridgehead atoms. The number of piperazine rings is 1. The molecule has 0 saturated carbocycles. The minimum atomic E-state index is -0.538. The Morgan fingerprint density at radius 3 is 2.40 bits per heavy atom. The molecule has 2 fully saturated rings. The van der Waals surface area contributed by atoms with Crippen molar-refractivity contribution in [3.63, 3.8) is 0 Å². The van der Waals surface area contributed by atoms with Gasteiger partial charge in [-0.1, -0.05) is 0 Å². The predicted molar refractivity (Wildman–Crippen MR) is 94.8 cm³/mol. The van der Waals surface area contributed by atoms with Crippen LogP contribution in [0.5, 0.6) is 0 Å². The normalized spacial score (nSPS) is 21.6. The molecule has 2 N–H and O–H groups in total. The Kier molecular flexibility index (Phi) is 4.83. The van der Waals surface area contributed by atoms with Crippen molar-refractivity contribution in [2.45, 2.75) is 31.7 Å². The number of nitrogens with zero attached hydrogens (tertiary/aromatic N) is 3. The molecule has 0 radical (unpaired) electrons. The molecule has 138 valence electrons. The lowest BCUT2D eigenvalue weighted by molar-refractivity contribution is -0.137. The highest BCUT2D eigenvalue weighted by Gasteiger charge is 2.42. The number of amides is 1. The summed E-state index contributed by atoms with van der Waals surface area (Å²) in [7, 11) is 4.27. The Bertz CT molecular complexity index is 760.